The Morgan fingerprint density at radius 3 is 2.73 bits per heavy atom. The Balaban J connectivity index is 1.36. The molecule has 1 saturated carbocycles. The van der Waals surface area contributed by atoms with Crippen LogP contribution in [0.4, 0.5) is 0 Å². The topological polar surface area (TPSA) is 78.1 Å². The van der Waals surface area contributed by atoms with Gasteiger partial charge in [-0.1, -0.05) is 55.4 Å². The van der Waals surface area contributed by atoms with Crippen molar-refractivity contribution in [1.82, 2.24) is 20.2 Å². The Bertz CT molecular complexity index is 948. The molecular weight excluding hydrogens is 416 g/mol. The number of aromatic nitrogens is 2. The van der Waals surface area contributed by atoms with Crippen molar-refractivity contribution >= 4 is 46.2 Å². The minimum absolute atomic E-state index is 0.0116. The van der Waals surface area contributed by atoms with E-state index < -0.39 is 0 Å². The highest BCUT2D eigenvalue weighted by Crippen LogP contribution is 2.37. The van der Waals surface area contributed by atoms with E-state index in [2.05, 4.69) is 15.3 Å². The molecule has 2 N–H and O–H groups in total. The molecule has 156 valence electrons. The number of thiocarbonyl (C=S) groups is 1. The number of hydrogen-bond acceptors (Lipinski definition) is 5. The van der Waals surface area contributed by atoms with Crippen molar-refractivity contribution in [2.24, 2.45) is 0 Å². The van der Waals surface area contributed by atoms with E-state index in [-0.39, 0.29) is 17.9 Å². The summed E-state index contributed by atoms with van der Waals surface area (Å²) in [5.41, 5.74) is 2.45. The number of benzene rings is 1. The number of aromatic amines is 1. The average molecular weight is 441 g/mol. The molecule has 0 bridgehead atoms. The Labute approximate surface area is 185 Å². The van der Waals surface area contributed by atoms with E-state index in [1.807, 2.05) is 23.1 Å². The van der Waals surface area contributed by atoms with Gasteiger partial charge < -0.3 is 10.3 Å². The zero-order valence-corrected chi connectivity index (χ0v) is 18.2. The SMILES string of the molecule is O=C(NCCc1cnc[nH]1)c1ccc(C=C2SC(=S)N(C3CCCCC3)C2=O)cc1. The fourth-order valence-electron chi connectivity index (χ4n) is 3.85. The van der Waals surface area contributed by atoms with Crippen LogP contribution in [0.2, 0.25) is 0 Å². The van der Waals surface area contributed by atoms with E-state index in [0.29, 0.717) is 27.8 Å². The minimum Gasteiger partial charge on any atom is -0.352 e. The molecule has 2 amide bonds. The second kappa shape index (κ2) is 9.57. The molecule has 0 radical (unpaired) electrons. The van der Waals surface area contributed by atoms with Crippen molar-refractivity contribution in [3.05, 3.63) is 58.5 Å². The Hall–Kier alpha value is -2.45. The lowest BCUT2D eigenvalue weighted by atomic mass is 9.94. The van der Waals surface area contributed by atoms with Crippen molar-refractivity contribution in [1.29, 1.82) is 0 Å². The number of nitrogens with zero attached hydrogens (tertiary/aromatic N) is 2. The molecule has 1 aromatic carbocycles. The molecule has 1 aliphatic heterocycles. The van der Waals surface area contributed by atoms with E-state index in [1.54, 1.807) is 24.7 Å². The van der Waals surface area contributed by atoms with Crippen LogP contribution in [0.15, 0.2) is 41.7 Å². The molecule has 30 heavy (non-hydrogen) atoms. The highest BCUT2D eigenvalue weighted by atomic mass is 32.2. The predicted octanol–water partition coefficient (Wildman–Crippen LogP) is 3.92. The maximum absolute atomic E-state index is 12.9. The molecule has 0 atom stereocenters. The van der Waals surface area contributed by atoms with Crippen LogP contribution in [0, 0.1) is 0 Å². The van der Waals surface area contributed by atoms with E-state index in [9.17, 15) is 9.59 Å². The summed E-state index contributed by atoms with van der Waals surface area (Å²) in [5, 5.41) is 2.90. The quantitative estimate of drug-likeness (QED) is 0.526. The predicted molar refractivity (Wildman–Crippen MR) is 123 cm³/mol. The smallest absolute Gasteiger partial charge is 0.266 e. The molecule has 2 aromatic rings. The molecule has 1 saturated heterocycles. The largest absolute Gasteiger partial charge is 0.352 e. The van der Waals surface area contributed by atoms with Gasteiger partial charge in [0.25, 0.3) is 11.8 Å². The standard InChI is InChI=1S/C22H24N4O2S2/c27-20(24-11-10-17-13-23-14-25-17)16-8-6-15(7-9-16)12-19-21(28)26(22(29)30-19)18-4-2-1-3-5-18/h6-9,12-14,18H,1-5,10-11H2,(H,23,25)(H,24,27). The van der Waals surface area contributed by atoms with Gasteiger partial charge in [0, 0.05) is 36.5 Å². The van der Waals surface area contributed by atoms with E-state index in [1.165, 1.54) is 18.2 Å². The second-order valence-corrected chi connectivity index (χ2v) is 9.22. The van der Waals surface area contributed by atoms with Crippen molar-refractivity contribution in [3.8, 4) is 0 Å². The van der Waals surface area contributed by atoms with E-state index in [0.717, 1.165) is 36.9 Å². The first-order chi connectivity index (χ1) is 14.6. The van der Waals surface area contributed by atoms with Crippen LogP contribution < -0.4 is 5.32 Å². The molecule has 6 nitrogen and oxygen atoms in total. The molecule has 2 fully saturated rings. The monoisotopic (exact) mass is 440 g/mol. The van der Waals surface area contributed by atoms with Gasteiger partial charge in [0.1, 0.15) is 4.32 Å². The summed E-state index contributed by atoms with van der Waals surface area (Å²) < 4.78 is 0.659. The number of thioether (sulfide) groups is 1. The molecule has 2 heterocycles. The van der Waals surface area contributed by atoms with Crippen LogP contribution in [0.3, 0.4) is 0 Å². The second-order valence-electron chi connectivity index (χ2n) is 7.55. The van der Waals surface area contributed by atoms with Crippen LogP contribution in [-0.2, 0) is 11.2 Å². The zero-order chi connectivity index (χ0) is 20.9. The summed E-state index contributed by atoms with van der Waals surface area (Å²) in [5.74, 6) is -0.109. The van der Waals surface area contributed by atoms with Crippen LogP contribution in [-0.4, -0.2) is 43.6 Å². The number of imidazole rings is 1. The molecule has 1 aromatic heterocycles. The Kier molecular flexibility index (Phi) is 6.64. The van der Waals surface area contributed by atoms with Gasteiger partial charge in [0.15, 0.2) is 0 Å². The van der Waals surface area contributed by atoms with Gasteiger partial charge in [-0.05, 0) is 36.6 Å². The molecule has 0 spiro atoms. The number of carbonyl (C=O) groups is 2. The normalized spacial score (nSPS) is 18.9. The number of amides is 2. The highest BCUT2D eigenvalue weighted by Gasteiger charge is 2.37. The summed E-state index contributed by atoms with van der Waals surface area (Å²) >= 11 is 6.86. The van der Waals surface area contributed by atoms with Crippen molar-refractivity contribution in [2.45, 2.75) is 44.6 Å². The van der Waals surface area contributed by atoms with Gasteiger partial charge in [0.2, 0.25) is 0 Å². The third-order valence-corrected chi connectivity index (χ3v) is 6.80. The maximum Gasteiger partial charge on any atom is 0.266 e. The summed E-state index contributed by atoms with van der Waals surface area (Å²) in [6, 6.07) is 7.51. The third kappa shape index (κ3) is 4.82. The molecule has 2 aliphatic rings. The number of rotatable bonds is 6. The Morgan fingerprint density at radius 1 is 1.27 bits per heavy atom. The van der Waals surface area contributed by atoms with Gasteiger partial charge in [-0.15, -0.1) is 0 Å². The lowest BCUT2D eigenvalue weighted by Gasteiger charge is -2.29. The first kappa shape index (κ1) is 20.8. The van der Waals surface area contributed by atoms with Gasteiger partial charge in [-0.2, -0.15) is 0 Å². The zero-order valence-electron chi connectivity index (χ0n) is 16.6. The van der Waals surface area contributed by atoms with E-state index >= 15 is 0 Å². The van der Waals surface area contributed by atoms with E-state index in [4.69, 9.17) is 12.2 Å². The molecule has 0 unspecified atom stereocenters. The van der Waals surface area contributed by atoms with Crippen molar-refractivity contribution < 1.29 is 9.59 Å². The summed E-state index contributed by atoms with van der Waals surface area (Å²) in [6.07, 6.45) is 11.6. The van der Waals surface area contributed by atoms with Gasteiger partial charge >= 0.3 is 0 Å². The number of carbonyl (C=O) groups excluding carboxylic acids is 2. The maximum atomic E-state index is 12.9. The number of H-pyrrole nitrogens is 1. The lowest BCUT2D eigenvalue weighted by Crippen LogP contribution is -2.39. The summed E-state index contributed by atoms with van der Waals surface area (Å²) in [4.78, 5) is 34.6. The average Bonchev–Trinajstić information content (AvgIpc) is 3.37. The van der Waals surface area contributed by atoms with Crippen LogP contribution in [0.5, 0.6) is 0 Å². The fraction of sp³-hybridized carbons (Fsp3) is 0.364. The number of hydrogen-bond donors (Lipinski definition) is 2. The first-order valence-electron chi connectivity index (χ1n) is 10.2. The summed E-state index contributed by atoms with van der Waals surface area (Å²) in [7, 11) is 0. The highest BCUT2D eigenvalue weighted by molar-refractivity contribution is 8.26. The molecule has 4 rings (SSSR count). The van der Waals surface area contributed by atoms with Gasteiger partial charge in [-0.25, -0.2) is 4.98 Å². The minimum atomic E-state index is -0.121. The molecule has 1 aliphatic carbocycles. The van der Waals surface area contributed by atoms with Crippen LogP contribution >= 0.6 is 24.0 Å². The first-order valence-corrected chi connectivity index (χ1v) is 11.5. The Morgan fingerprint density at radius 2 is 2.03 bits per heavy atom. The van der Waals surface area contributed by atoms with Crippen LogP contribution in [0.25, 0.3) is 6.08 Å². The van der Waals surface area contributed by atoms with Crippen molar-refractivity contribution in [2.75, 3.05) is 6.54 Å². The van der Waals surface area contributed by atoms with Gasteiger partial charge in [0.05, 0.1) is 11.2 Å². The van der Waals surface area contributed by atoms with Crippen molar-refractivity contribution in [3.63, 3.8) is 0 Å². The van der Waals surface area contributed by atoms with Gasteiger partial charge in [-0.3, -0.25) is 14.5 Å². The third-order valence-electron chi connectivity index (χ3n) is 5.47. The lowest BCUT2D eigenvalue weighted by molar-refractivity contribution is -0.124. The summed E-state index contributed by atoms with van der Waals surface area (Å²) in [6.45, 7) is 0.534. The fourth-order valence-corrected chi connectivity index (χ4v) is 5.25. The molecule has 8 heteroatoms. The van der Waals surface area contributed by atoms with Crippen LogP contribution in [0.1, 0.15) is 53.7 Å². The number of nitrogens with one attached hydrogen (secondary N) is 2. The molecular formula is C22H24N4O2S2.